The number of benzene rings is 1. The van der Waals surface area contributed by atoms with Crippen LogP contribution in [-0.4, -0.2) is 39.9 Å². The summed E-state index contributed by atoms with van der Waals surface area (Å²) in [7, 11) is 1.66. The highest BCUT2D eigenvalue weighted by Crippen LogP contribution is 2.41. The molecule has 1 aromatic carbocycles. The summed E-state index contributed by atoms with van der Waals surface area (Å²) in [5.41, 5.74) is -0.253. The van der Waals surface area contributed by atoms with Gasteiger partial charge in [0.2, 0.25) is 0 Å². The number of aromatic nitrogens is 3. The maximum absolute atomic E-state index is 14.0. The first-order chi connectivity index (χ1) is 12.8. The number of carbonyl (C=O) groups is 1. The second-order valence-corrected chi connectivity index (χ2v) is 7.67. The summed E-state index contributed by atoms with van der Waals surface area (Å²) in [5.74, 6) is -2.23. The molecule has 3 atom stereocenters. The summed E-state index contributed by atoms with van der Waals surface area (Å²) >= 11 is 0. The topological polar surface area (TPSA) is 69.0 Å². The smallest absolute Gasteiger partial charge is 0.254 e. The Labute approximate surface area is 156 Å². The van der Waals surface area contributed by atoms with Crippen LogP contribution in [0.15, 0.2) is 30.9 Å². The van der Waals surface area contributed by atoms with E-state index in [4.69, 9.17) is 4.74 Å². The van der Waals surface area contributed by atoms with Crippen molar-refractivity contribution >= 4 is 5.91 Å². The van der Waals surface area contributed by atoms with Gasteiger partial charge in [-0.05, 0) is 30.4 Å². The van der Waals surface area contributed by atoms with Gasteiger partial charge in [-0.2, -0.15) is 5.10 Å². The number of hydrogen-bond donors (Lipinski definition) is 1. The van der Waals surface area contributed by atoms with Crippen molar-refractivity contribution in [1.29, 1.82) is 0 Å². The van der Waals surface area contributed by atoms with Crippen LogP contribution in [0.1, 0.15) is 37.0 Å². The zero-order valence-corrected chi connectivity index (χ0v) is 15.7. The molecular formula is C19H24F2N4O2. The van der Waals surface area contributed by atoms with E-state index < -0.39 is 17.5 Å². The minimum atomic E-state index is -0.875. The van der Waals surface area contributed by atoms with E-state index in [0.717, 1.165) is 25.0 Å². The highest BCUT2D eigenvalue weighted by atomic mass is 19.1. The van der Waals surface area contributed by atoms with Crippen molar-refractivity contribution in [3.63, 3.8) is 0 Å². The van der Waals surface area contributed by atoms with Gasteiger partial charge in [0.15, 0.2) is 0 Å². The zero-order chi connectivity index (χ0) is 19.6. The summed E-state index contributed by atoms with van der Waals surface area (Å²) in [6.07, 6.45) is 4.51. The molecule has 1 heterocycles. The molecule has 0 spiro atoms. The molecule has 0 saturated heterocycles. The Morgan fingerprint density at radius 1 is 1.41 bits per heavy atom. The monoisotopic (exact) mass is 378 g/mol. The van der Waals surface area contributed by atoms with Crippen LogP contribution in [-0.2, 0) is 11.3 Å². The van der Waals surface area contributed by atoms with Gasteiger partial charge in [-0.15, -0.1) is 0 Å². The summed E-state index contributed by atoms with van der Waals surface area (Å²) < 4.78 is 34.6. The maximum Gasteiger partial charge on any atom is 0.254 e. The van der Waals surface area contributed by atoms with Crippen LogP contribution in [0.25, 0.3) is 0 Å². The molecule has 1 aromatic heterocycles. The van der Waals surface area contributed by atoms with Gasteiger partial charge in [-0.1, -0.05) is 13.8 Å². The maximum atomic E-state index is 14.0. The first-order valence-corrected chi connectivity index (χ1v) is 8.93. The lowest BCUT2D eigenvalue weighted by Gasteiger charge is -2.47. The molecule has 2 aromatic rings. The number of nitrogens with zero attached hydrogens (tertiary/aromatic N) is 3. The second-order valence-electron chi connectivity index (χ2n) is 7.67. The molecule has 0 aliphatic heterocycles. The van der Waals surface area contributed by atoms with Gasteiger partial charge in [0.25, 0.3) is 5.91 Å². The molecule has 1 N–H and O–H groups in total. The Hall–Kier alpha value is -2.35. The third-order valence-electron chi connectivity index (χ3n) is 5.39. The van der Waals surface area contributed by atoms with Crippen molar-refractivity contribution in [3.05, 3.63) is 48.1 Å². The lowest BCUT2D eigenvalue weighted by atomic mass is 9.67. The average Bonchev–Trinajstić information content (AvgIpc) is 3.10. The van der Waals surface area contributed by atoms with E-state index in [-0.39, 0.29) is 29.0 Å². The van der Waals surface area contributed by atoms with E-state index in [1.54, 1.807) is 18.1 Å². The molecule has 0 radical (unpaired) electrons. The third-order valence-corrected chi connectivity index (χ3v) is 5.39. The Kier molecular flexibility index (Phi) is 5.55. The summed E-state index contributed by atoms with van der Waals surface area (Å²) in [5, 5.41) is 7.08. The van der Waals surface area contributed by atoms with Crippen LogP contribution < -0.4 is 5.32 Å². The second kappa shape index (κ2) is 7.72. The highest BCUT2D eigenvalue weighted by Gasteiger charge is 2.45. The van der Waals surface area contributed by atoms with Gasteiger partial charge in [-0.25, -0.2) is 13.8 Å². The lowest BCUT2D eigenvalue weighted by Crippen LogP contribution is -2.55. The zero-order valence-electron chi connectivity index (χ0n) is 15.7. The molecule has 1 fully saturated rings. The van der Waals surface area contributed by atoms with Crippen LogP contribution in [0.3, 0.4) is 0 Å². The SMILES string of the molecule is COC1C(Cn2cncn2)[C@H](NC(=O)c2ccc(F)cc2F)CCC1(C)C. The van der Waals surface area contributed by atoms with Gasteiger partial charge in [0.05, 0.1) is 11.7 Å². The molecule has 8 heteroatoms. The average molecular weight is 378 g/mol. The van der Waals surface area contributed by atoms with E-state index in [1.807, 2.05) is 0 Å². The standard InChI is InChI=1S/C19H24F2N4O2/c1-19(2)7-6-16(14(17(19)27-3)9-25-11-22-10-23-25)24-18(26)13-5-4-12(20)8-15(13)21/h4-5,8,10-11,14,16-17H,6-7,9H2,1-3H3,(H,24,26)/t14?,16-,17?/m1/s1. The largest absolute Gasteiger partial charge is 0.380 e. The molecule has 1 amide bonds. The van der Waals surface area contributed by atoms with Gasteiger partial charge in [0.1, 0.15) is 24.3 Å². The Bertz CT molecular complexity index is 795. The quantitative estimate of drug-likeness (QED) is 0.869. The number of rotatable bonds is 5. The van der Waals surface area contributed by atoms with Crippen molar-refractivity contribution in [2.75, 3.05) is 7.11 Å². The van der Waals surface area contributed by atoms with Crippen LogP contribution in [0.4, 0.5) is 8.78 Å². The summed E-state index contributed by atoms with van der Waals surface area (Å²) in [6, 6.07) is 2.72. The number of ether oxygens (including phenoxy) is 1. The summed E-state index contributed by atoms with van der Waals surface area (Å²) in [4.78, 5) is 16.6. The molecule has 0 bridgehead atoms. The molecule has 3 rings (SSSR count). The van der Waals surface area contributed by atoms with Crippen LogP contribution in [0, 0.1) is 23.0 Å². The van der Waals surface area contributed by atoms with E-state index in [0.29, 0.717) is 12.6 Å². The fraction of sp³-hybridized carbons (Fsp3) is 0.526. The predicted molar refractivity (Wildman–Crippen MR) is 94.9 cm³/mol. The normalized spacial score (nSPS) is 24.6. The Balaban J connectivity index is 1.83. The van der Waals surface area contributed by atoms with Crippen LogP contribution >= 0.6 is 0 Å². The van der Waals surface area contributed by atoms with Gasteiger partial charge < -0.3 is 10.1 Å². The predicted octanol–water partition coefficient (Wildman–Crippen LogP) is 2.81. The molecule has 2 unspecified atom stereocenters. The van der Waals surface area contributed by atoms with Gasteiger partial charge >= 0.3 is 0 Å². The fourth-order valence-corrected chi connectivity index (χ4v) is 4.03. The number of nitrogens with one attached hydrogen (secondary N) is 1. The van der Waals surface area contributed by atoms with Crippen molar-refractivity contribution in [2.45, 2.75) is 45.4 Å². The van der Waals surface area contributed by atoms with E-state index >= 15 is 0 Å². The minimum absolute atomic E-state index is 0.0760. The van der Waals surface area contributed by atoms with Crippen molar-refractivity contribution < 1.29 is 18.3 Å². The van der Waals surface area contributed by atoms with Gasteiger partial charge in [0, 0.05) is 31.7 Å². The summed E-state index contributed by atoms with van der Waals surface area (Å²) in [6.45, 7) is 4.78. The van der Waals surface area contributed by atoms with E-state index in [1.165, 1.54) is 6.33 Å². The van der Waals surface area contributed by atoms with E-state index in [9.17, 15) is 13.6 Å². The van der Waals surface area contributed by atoms with E-state index in [2.05, 4.69) is 29.2 Å². The minimum Gasteiger partial charge on any atom is -0.380 e. The molecule has 146 valence electrons. The Morgan fingerprint density at radius 2 is 2.19 bits per heavy atom. The third kappa shape index (κ3) is 4.16. The molecule has 1 aliphatic rings. The number of carbonyl (C=O) groups excluding carboxylic acids is 1. The number of halogens is 2. The van der Waals surface area contributed by atoms with Crippen LogP contribution in [0.5, 0.6) is 0 Å². The van der Waals surface area contributed by atoms with Crippen LogP contribution in [0.2, 0.25) is 0 Å². The van der Waals surface area contributed by atoms with Gasteiger partial charge in [-0.3, -0.25) is 9.48 Å². The highest BCUT2D eigenvalue weighted by molar-refractivity contribution is 5.94. The Morgan fingerprint density at radius 3 is 2.81 bits per heavy atom. The molecular weight excluding hydrogens is 354 g/mol. The number of hydrogen-bond acceptors (Lipinski definition) is 4. The first-order valence-electron chi connectivity index (χ1n) is 8.93. The molecule has 6 nitrogen and oxygen atoms in total. The molecule has 27 heavy (non-hydrogen) atoms. The number of amides is 1. The fourth-order valence-electron chi connectivity index (χ4n) is 4.03. The van der Waals surface area contributed by atoms with Crippen molar-refractivity contribution in [3.8, 4) is 0 Å². The first kappa shape index (κ1) is 19.4. The van der Waals surface area contributed by atoms with Crippen molar-refractivity contribution in [2.24, 2.45) is 11.3 Å². The molecule has 1 saturated carbocycles. The lowest BCUT2D eigenvalue weighted by molar-refractivity contribution is -0.0792. The number of methoxy groups -OCH3 is 1. The van der Waals surface area contributed by atoms with Crippen molar-refractivity contribution in [1.82, 2.24) is 20.1 Å². The molecule has 1 aliphatic carbocycles.